The summed E-state index contributed by atoms with van der Waals surface area (Å²) in [5, 5.41) is 8.88. The Labute approximate surface area is 153 Å². The second-order valence-corrected chi connectivity index (χ2v) is 7.00. The van der Waals surface area contributed by atoms with Crippen molar-refractivity contribution >= 4 is 27.5 Å². The van der Waals surface area contributed by atoms with Gasteiger partial charge in [-0.2, -0.15) is 0 Å². The lowest BCUT2D eigenvalue weighted by molar-refractivity contribution is -0.118. The Morgan fingerprint density at radius 2 is 1.85 bits per heavy atom. The predicted octanol–water partition coefficient (Wildman–Crippen LogP) is 3.36. The molecule has 0 aliphatic rings. The largest absolute Gasteiger partial charge is 0.425 e. The smallest absolute Gasteiger partial charge is 0.223 e. The Kier molecular flexibility index (Phi) is 4.45. The summed E-state index contributed by atoms with van der Waals surface area (Å²) < 4.78 is 6.68. The maximum atomic E-state index is 10.8. The molecule has 130 valence electrons. The highest BCUT2D eigenvalue weighted by molar-refractivity contribution is 7.18. The van der Waals surface area contributed by atoms with E-state index in [-0.39, 0.29) is 12.3 Å². The van der Waals surface area contributed by atoms with Crippen molar-refractivity contribution in [2.75, 3.05) is 0 Å². The van der Waals surface area contributed by atoms with E-state index in [0.29, 0.717) is 24.6 Å². The quantitative estimate of drug-likeness (QED) is 0.566. The van der Waals surface area contributed by atoms with Gasteiger partial charge < -0.3 is 10.2 Å². The molecule has 0 fully saturated rings. The van der Waals surface area contributed by atoms with Crippen LogP contribution in [0.2, 0.25) is 0 Å². The number of carbonyl (C=O) groups is 1. The molecule has 2 N–H and O–H groups in total. The van der Waals surface area contributed by atoms with Gasteiger partial charge in [-0.1, -0.05) is 36.4 Å². The number of thiazole rings is 1. The van der Waals surface area contributed by atoms with Crippen molar-refractivity contribution in [2.24, 2.45) is 5.73 Å². The molecule has 4 aromatic rings. The van der Waals surface area contributed by atoms with Crippen LogP contribution in [0.1, 0.15) is 23.2 Å². The molecule has 2 heterocycles. The molecule has 4 rings (SSSR count). The average Bonchev–Trinajstić information content (AvgIpc) is 3.26. The van der Waals surface area contributed by atoms with Crippen LogP contribution in [0.3, 0.4) is 0 Å². The van der Waals surface area contributed by atoms with Gasteiger partial charge in [0.2, 0.25) is 17.7 Å². The summed E-state index contributed by atoms with van der Waals surface area (Å²) in [6.07, 6.45) is 1.04. The number of benzene rings is 2. The first kappa shape index (κ1) is 16.4. The highest BCUT2D eigenvalue weighted by Gasteiger charge is 2.12. The first-order chi connectivity index (χ1) is 12.7. The maximum absolute atomic E-state index is 10.8. The van der Waals surface area contributed by atoms with E-state index in [2.05, 4.69) is 39.4 Å². The zero-order valence-electron chi connectivity index (χ0n) is 13.9. The van der Waals surface area contributed by atoms with Crippen LogP contribution in [0.15, 0.2) is 52.9 Å². The minimum atomic E-state index is -0.384. The fraction of sp³-hybridized carbons (Fsp3) is 0.158. The maximum Gasteiger partial charge on any atom is 0.223 e. The Bertz CT molecular complexity index is 1060. The number of aryl methyl sites for hydroxylation is 1. The summed E-state index contributed by atoms with van der Waals surface area (Å²) in [6.45, 7) is 0. The molecule has 0 saturated heterocycles. The second kappa shape index (κ2) is 7.05. The van der Waals surface area contributed by atoms with Gasteiger partial charge >= 0.3 is 0 Å². The minimum Gasteiger partial charge on any atom is -0.425 e. The number of carbonyl (C=O) groups excluding carboxylic acids is 1. The summed E-state index contributed by atoms with van der Waals surface area (Å²) in [5.74, 6) is 0.531. The summed E-state index contributed by atoms with van der Waals surface area (Å²) in [4.78, 5) is 15.5. The molecule has 7 heteroatoms. The normalized spacial score (nSPS) is 11.1. The molecule has 0 bridgehead atoms. The number of hydrogen-bond donors (Lipinski definition) is 1. The van der Waals surface area contributed by atoms with E-state index in [9.17, 15) is 4.79 Å². The molecule has 26 heavy (non-hydrogen) atoms. The van der Waals surface area contributed by atoms with Gasteiger partial charge in [0, 0.05) is 12.8 Å². The topological polar surface area (TPSA) is 94.9 Å². The van der Waals surface area contributed by atoms with E-state index < -0.39 is 0 Å². The fourth-order valence-corrected chi connectivity index (χ4v) is 3.68. The number of fused-ring (bicyclic) bond motifs is 1. The number of aromatic nitrogens is 3. The Morgan fingerprint density at radius 1 is 1.04 bits per heavy atom. The van der Waals surface area contributed by atoms with E-state index in [1.54, 1.807) is 11.3 Å². The van der Waals surface area contributed by atoms with Gasteiger partial charge in [-0.15, -0.1) is 21.5 Å². The molecule has 0 unspecified atom stereocenters. The number of amides is 1. The van der Waals surface area contributed by atoms with Crippen LogP contribution in [0, 0.1) is 0 Å². The molecule has 2 aromatic heterocycles. The van der Waals surface area contributed by atoms with Gasteiger partial charge in [-0.25, -0.2) is 4.98 Å². The molecule has 0 saturated carbocycles. The predicted molar refractivity (Wildman–Crippen MR) is 99.7 cm³/mol. The van der Waals surface area contributed by atoms with Gasteiger partial charge in [0.1, 0.15) is 5.01 Å². The highest BCUT2D eigenvalue weighted by atomic mass is 32.1. The molecule has 1 amide bonds. The van der Waals surface area contributed by atoms with Gasteiger partial charge in [-0.05, 0) is 23.3 Å². The van der Waals surface area contributed by atoms with E-state index >= 15 is 0 Å². The van der Waals surface area contributed by atoms with Crippen molar-refractivity contribution in [3.63, 3.8) is 0 Å². The number of rotatable bonds is 6. The number of nitrogens with two attached hydrogens (primary N) is 1. The van der Waals surface area contributed by atoms with Crippen LogP contribution in [0.25, 0.3) is 21.3 Å². The summed E-state index contributed by atoms with van der Waals surface area (Å²) in [5.41, 5.74) is 8.43. The van der Waals surface area contributed by atoms with Crippen LogP contribution in [0.5, 0.6) is 0 Å². The second-order valence-electron chi connectivity index (χ2n) is 5.89. The third-order valence-corrected chi connectivity index (χ3v) is 4.95. The first-order valence-corrected chi connectivity index (χ1v) is 9.03. The van der Waals surface area contributed by atoms with Crippen molar-refractivity contribution in [1.29, 1.82) is 0 Å². The van der Waals surface area contributed by atoms with Crippen molar-refractivity contribution < 1.29 is 9.21 Å². The van der Waals surface area contributed by atoms with Crippen LogP contribution in [-0.2, 0) is 17.6 Å². The zero-order valence-corrected chi connectivity index (χ0v) is 14.7. The van der Waals surface area contributed by atoms with E-state index in [1.807, 2.05) is 24.3 Å². The number of primary amides is 1. The van der Waals surface area contributed by atoms with Crippen molar-refractivity contribution in [1.82, 2.24) is 15.2 Å². The molecule has 6 nitrogen and oxygen atoms in total. The lowest BCUT2D eigenvalue weighted by Crippen LogP contribution is -2.11. The van der Waals surface area contributed by atoms with Gasteiger partial charge in [0.05, 0.1) is 16.6 Å². The lowest BCUT2D eigenvalue weighted by Gasteiger charge is -2.00. The molecule has 0 aliphatic heterocycles. The molecular formula is C19H16N4O2S. The average molecular weight is 364 g/mol. The van der Waals surface area contributed by atoms with E-state index in [4.69, 9.17) is 10.2 Å². The molecule has 0 spiro atoms. The molecule has 0 aliphatic carbocycles. The van der Waals surface area contributed by atoms with Crippen LogP contribution in [-0.4, -0.2) is 21.1 Å². The van der Waals surface area contributed by atoms with Gasteiger partial charge in [0.25, 0.3) is 0 Å². The van der Waals surface area contributed by atoms with Crippen LogP contribution >= 0.6 is 11.3 Å². The third-order valence-electron chi connectivity index (χ3n) is 3.94. The van der Waals surface area contributed by atoms with Crippen LogP contribution in [0.4, 0.5) is 0 Å². The molecular weight excluding hydrogens is 348 g/mol. The summed E-state index contributed by atoms with van der Waals surface area (Å²) in [6, 6.07) is 16.5. The standard InChI is InChI=1S/C19H16N4O2S/c20-16(24)8-9-17-22-23-18(25-17)11-19-21-14-7-6-13(10-15(14)26-19)12-4-2-1-3-5-12/h1-7,10H,8-9,11H2,(H2,20,24). The zero-order chi connectivity index (χ0) is 17.9. The van der Waals surface area contributed by atoms with Crippen molar-refractivity contribution in [2.45, 2.75) is 19.3 Å². The Hall–Kier alpha value is -3.06. The fourth-order valence-electron chi connectivity index (χ4n) is 2.68. The van der Waals surface area contributed by atoms with E-state index in [0.717, 1.165) is 15.2 Å². The molecule has 0 radical (unpaired) electrons. The summed E-state index contributed by atoms with van der Waals surface area (Å²) >= 11 is 1.62. The Balaban J connectivity index is 1.53. The van der Waals surface area contributed by atoms with Gasteiger partial charge in [-0.3, -0.25) is 4.79 Å². The van der Waals surface area contributed by atoms with Crippen molar-refractivity contribution in [3.05, 3.63) is 65.3 Å². The highest BCUT2D eigenvalue weighted by Crippen LogP contribution is 2.29. The molecule has 2 aromatic carbocycles. The van der Waals surface area contributed by atoms with Gasteiger partial charge in [0.15, 0.2) is 0 Å². The summed E-state index contributed by atoms with van der Waals surface area (Å²) in [7, 11) is 0. The lowest BCUT2D eigenvalue weighted by atomic mass is 10.1. The van der Waals surface area contributed by atoms with E-state index in [1.165, 1.54) is 11.1 Å². The third kappa shape index (κ3) is 3.62. The minimum absolute atomic E-state index is 0.199. The Morgan fingerprint density at radius 3 is 2.65 bits per heavy atom. The number of hydrogen-bond acceptors (Lipinski definition) is 6. The van der Waals surface area contributed by atoms with Crippen molar-refractivity contribution in [3.8, 4) is 11.1 Å². The molecule has 0 atom stereocenters. The SMILES string of the molecule is NC(=O)CCc1nnc(Cc2nc3ccc(-c4ccccc4)cc3s2)o1. The number of nitrogens with zero attached hydrogens (tertiary/aromatic N) is 3. The van der Waals surface area contributed by atoms with Crippen LogP contribution < -0.4 is 5.73 Å². The first-order valence-electron chi connectivity index (χ1n) is 8.22. The monoisotopic (exact) mass is 364 g/mol.